The fraction of sp³-hybridized carbons (Fsp3) is 0.588. The molecule has 0 fully saturated rings. The zero-order valence-corrected chi connectivity index (χ0v) is 13.8. The summed E-state index contributed by atoms with van der Waals surface area (Å²) in [6.07, 6.45) is 6.67. The average Bonchev–Trinajstić information content (AvgIpc) is 2.50. The highest BCUT2D eigenvalue weighted by Gasteiger charge is 2.18. The molecule has 0 atom stereocenters. The summed E-state index contributed by atoms with van der Waals surface area (Å²) in [6.45, 7) is 14.2. The van der Waals surface area contributed by atoms with Gasteiger partial charge in [0.2, 0.25) is 0 Å². The van der Waals surface area contributed by atoms with Gasteiger partial charge in [0.25, 0.3) is 0 Å². The molecule has 0 aromatic carbocycles. The molecule has 0 saturated heterocycles. The molecule has 2 nitrogen and oxygen atoms in total. The Kier molecular flexibility index (Phi) is 10.9. The summed E-state index contributed by atoms with van der Waals surface area (Å²) in [7, 11) is 1.68. The maximum absolute atomic E-state index is 8.72. The molecule has 1 aliphatic rings. The first kappa shape index (κ1) is 19.8. The van der Waals surface area contributed by atoms with Crippen molar-refractivity contribution in [1.82, 2.24) is 0 Å². The minimum Gasteiger partial charge on any atom is -0.497 e. The summed E-state index contributed by atoms with van der Waals surface area (Å²) >= 11 is 0. The van der Waals surface area contributed by atoms with E-state index in [4.69, 9.17) is 10.00 Å². The molecule has 1 rings (SSSR count). The number of nitriles is 1. The van der Waals surface area contributed by atoms with Gasteiger partial charge in [-0.3, -0.25) is 0 Å². The Morgan fingerprint density at radius 2 is 1.68 bits per heavy atom. The molecule has 0 bridgehead atoms. The summed E-state index contributed by atoms with van der Waals surface area (Å²) in [6, 6.07) is 2.18. The highest BCUT2D eigenvalue weighted by molar-refractivity contribution is 5.40. The maximum atomic E-state index is 8.72. The van der Waals surface area contributed by atoms with Gasteiger partial charge in [-0.2, -0.15) is 5.26 Å². The maximum Gasteiger partial charge on any atom is 0.118 e. The van der Waals surface area contributed by atoms with E-state index in [9.17, 15) is 0 Å². The Hall–Kier alpha value is -1.49. The number of hydrogen-bond acceptors (Lipinski definition) is 2. The second-order valence-corrected chi connectivity index (χ2v) is 4.42. The van der Waals surface area contributed by atoms with Crippen LogP contribution in [-0.4, -0.2) is 7.11 Å². The van der Waals surface area contributed by atoms with E-state index < -0.39 is 0 Å². The average molecular weight is 263 g/mol. The Morgan fingerprint density at radius 1 is 1.16 bits per heavy atom. The van der Waals surface area contributed by atoms with Crippen molar-refractivity contribution in [1.29, 1.82) is 5.26 Å². The molecular formula is C17H29NO. The number of allylic oxidation sites excluding steroid dienone is 5. The lowest BCUT2D eigenvalue weighted by molar-refractivity contribution is 0.294. The van der Waals surface area contributed by atoms with Crippen molar-refractivity contribution < 1.29 is 4.74 Å². The van der Waals surface area contributed by atoms with Crippen LogP contribution in [0.4, 0.5) is 0 Å². The van der Waals surface area contributed by atoms with E-state index in [2.05, 4.69) is 32.1 Å². The van der Waals surface area contributed by atoms with Crippen molar-refractivity contribution in [3.63, 3.8) is 0 Å². The normalized spacial score (nSPS) is 15.8. The van der Waals surface area contributed by atoms with Crippen molar-refractivity contribution in [2.24, 2.45) is 5.41 Å². The SMILES string of the molecule is CC.CC.COC1=CC(C)(C)C=C(CC#N)C=C1C. The van der Waals surface area contributed by atoms with Gasteiger partial charge >= 0.3 is 0 Å². The topological polar surface area (TPSA) is 33.0 Å². The van der Waals surface area contributed by atoms with Crippen molar-refractivity contribution in [3.8, 4) is 6.07 Å². The van der Waals surface area contributed by atoms with Crippen LogP contribution in [0.5, 0.6) is 0 Å². The zero-order chi connectivity index (χ0) is 15.5. The van der Waals surface area contributed by atoms with E-state index in [1.165, 1.54) is 0 Å². The Balaban J connectivity index is 0. The summed E-state index contributed by atoms with van der Waals surface area (Å²) in [4.78, 5) is 0. The van der Waals surface area contributed by atoms with Crippen LogP contribution in [0.3, 0.4) is 0 Å². The molecule has 2 heteroatoms. The molecule has 0 spiro atoms. The standard InChI is InChI=1S/C13H17NO.2C2H6/c1-10-7-11(5-6-14)8-13(2,3)9-12(10)15-4;2*1-2/h7-9H,5H2,1-4H3;2*1-2H3. The van der Waals surface area contributed by atoms with Gasteiger partial charge in [0.15, 0.2) is 0 Å². The minimum atomic E-state index is -0.0637. The predicted molar refractivity (Wildman–Crippen MR) is 83.6 cm³/mol. The molecule has 0 aliphatic heterocycles. The summed E-state index contributed by atoms with van der Waals surface area (Å²) < 4.78 is 5.32. The second-order valence-electron chi connectivity index (χ2n) is 4.42. The first-order chi connectivity index (χ1) is 8.98. The van der Waals surface area contributed by atoms with Gasteiger partial charge in [-0.25, -0.2) is 0 Å². The number of rotatable bonds is 2. The molecule has 19 heavy (non-hydrogen) atoms. The summed E-state index contributed by atoms with van der Waals surface area (Å²) in [5.41, 5.74) is 2.07. The van der Waals surface area contributed by atoms with Crippen LogP contribution >= 0.6 is 0 Å². The molecule has 0 radical (unpaired) electrons. The summed E-state index contributed by atoms with van der Waals surface area (Å²) in [5, 5.41) is 8.72. The minimum absolute atomic E-state index is 0.0637. The van der Waals surface area contributed by atoms with Gasteiger partial charge in [-0.1, -0.05) is 53.7 Å². The van der Waals surface area contributed by atoms with E-state index in [0.717, 1.165) is 16.9 Å². The number of methoxy groups -OCH3 is 1. The lowest BCUT2D eigenvalue weighted by Crippen LogP contribution is -2.04. The molecule has 0 aromatic heterocycles. The quantitative estimate of drug-likeness (QED) is 0.668. The van der Waals surface area contributed by atoms with Crippen LogP contribution < -0.4 is 0 Å². The first-order valence-corrected chi connectivity index (χ1v) is 7.03. The highest BCUT2D eigenvalue weighted by Crippen LogP contribution is 2.30. The fourth-order valence-corrected chi connectivity index (χ4v) is 1.78. The molecular weight excluding hydrogens is 234 g/mol. The number of ether oxygens (including phenoxy) is 1. The Bertz CT molecular complexity index is 379. The van der Waals surface area contributed by atoms with Crippen LogP contribution in [0.15, 0.2) is 35.1 Å². The van der Waals surface area contributed by atoms with Gasteiger partial charge in [-0.15, -0.1) is 0 Å². The summed E-state index contributed by atoms with van der Waals surface area (Å²) in [5.74, 6) is 0.893. The third-order valence-corrected chi connectivity index (χ3v) is 2.35. The van der Waals surface area contributed by atoms with Crippen LogP contribution in [0.1, 0.15) is 54.9 Å². The lowest BCUT2D eigenvalue weighted by atomic mass is 9.90. The van der Waals surface area contributed by atoms with Crippen LogP contribution in [0.2, 0.25) is 0 Å². The van der Waals surface area contributed by atoms with Gasteiger partial charge in [0.05, 0.1) is 19.6 Å². The van der Waals surface area contributed by atoms with E-state index in [0.29, 0.717) is 6.42 Å². The number of hydrogen-bond donors (Lipinski definition) is 0. The van der Waals surface area contributed by atoms with Gasteiger partial charge in [-0.05, 0) is 24.1 Å². The highest BCUT2D eigenvalue weighted by atomic mass is 16.5. The molecule has 0 aromatic rings. The lowest BCUT2D eigenvalue weighted by Gasteiger charge is -2.16. The van der Waals surface area contributed by atoms with Gasteiger partial charge in [0, 0.05) is 5.41 Å². The second kappa shape index (κ2) is 10.4. The molecule has 108 valence electrons. The van der Waals surface area contributed by atoms with Crippen molar-refractivity contribution in [2.75, 3.05) is 7.11 Å². The fourth-order valence-electron chi connectivity index (χ4n) is 1.78. The van der Waals surface area contributed by atoms with E-state index in [-0.39, 0.29) is 5.41 Å². The third-order valence-electron chi connectivity index (χ3n) is 2.35. The van der Waals surface area contributed by atoms with Gasteiger partial charge < -0.3 is 4.74 Å². The largest absolute Gasteiger partial charge is 0.497 e. The first-order valence-electron chi connectivity index (χ1n) is 7.03. The van der Waals surface area contributed by atoms with Crippen LogP contribution in [0, 0.1) is 16.7 Å². The Labute approximate surface area is 119 Å². The molecule has 0 unspecified atom stereocenters. The third kappa shape index (κ3) is 7.51. The van der Waals surface area contributed by atoms with Crippen molar-refractivity contribution in [2.45, 2.75) is 54.9 Å². The van der Waals surface area contributed by atoms with Crippen molar-refractivity contribution >= 4 is 0 Å². The van der Waals surface area contributed by atoms with E-state index in [1.54, 1.807) is 7.11 Å². The molecule has 0 heterocycles. The van der Waals surface area contributed by atoms with Crippen LogP contribution in [0.25, 0.3) is 0 Å². The van der Waals surface area contributed by atoms with E-state index in [1.807, 2.05) is 40.7 Å². The Morgan fingerprint density at radius 3 is 2.11 bits per heavy atom. The van der Waals surface area contributed by atoms with Gasteiger partial charge in [0.1, 0.15) is 5.76 Å². The molecule has 1 aliphatic carbocycles. The van der Waals surface area contributed by atoms with Crippen molar-refractivity contribution in [3.05, 3.63) is 35.1 Å². The van der Waals surface area contributed by atoms with Crippen LogP contribution in [-0.2, 0) is 4.74 Å². The predicted octanol–water partition coefficient (Wildman–Crippen LogP) is 5.40. The monoisotopic (exact) mass is 263 g/mol. The molecule has 0 amide bonds. The molecule has 0 N–H and O–H groups in total. The smallest absolute Gasteiger partial charge is 0.118 e. The van der Waals surface area contributed by atoms with E-state index >= 15 is 0 Å². The zero-order valence-electron chi connectivity index (χ0n) is 13.8. The number of nitrogens with zero attached hydrogens (tertiary/aromatic N) is 1. The molecule has 0 saturated carbocycles.